The highest BCUT2D eigenvalue weighted by molar-refractivity contribution is 6.31. The molecule has 1 aliphatic heterocycles. The van der Waals surface area contributed by atoms with E-state index in [2.05, 4.69) is 17.5 Å². The minimum atomic E-state index is -0.910. The van der Waals surface area contributed by atoms with Crippen molar-refractivity contribution in [2.24, 2.45) is 35.5 Å². The fraction of sp³-hybridized carbons (Fsp3) is 0.370. The van der Waals surface area contributed by atoms with Gasteiger partial charge in [0.1, 0.15) is 6.04 Å². The van der Waals surface area contributed by atoms with Gasteiger partial charge in [-0.05, 0) is 60.3 Å². The maximum Gasteiger partial charge on any atom is 0.248 e. The maximum atomic E-state index is 13.7. The van der Waals surface area contributed by atoms with Crippen molar-refractivity contribution >= 4 is 35.0 Å². The summed E-state index contributed by atoms with van der Waals surface area (Å²) in [5.41, 5.74) is 2.24. The van der Waals surface area contributed by atoms with Crippen LogP contribution in [0.1, 0.15) is 17.5 Å². The van der Waals surface area contributed by atoms with Gasteiger partial charge in [-0.15, -0.1) is 0 Å². The van der Waals surface area contributed by atoms with Crippen LogP contribution in [0, 0.1) is 42.4 Å². The molecule has 0 aromatic heterocycles. The molecule has 2 aromatic rings. The molecule has 3 amide bonds. The Morgan fingerprint density at radius 3 is 2.27 bits per heavy atom. The number of imide groups is 1. The van der Waals surface area contributed by atoms with E-state index in [9.17, 15) is 14.4 Å². The number of rotatable bonds is 5. The van der Waals surface area contributed by atoms with Gasteiger partial charge in [-0.2, -0.15) is 0 Å². The van der Waals surface area contributed by atoms with Gasteiger partial charge >= 0.3 is 0 Å². The van der Waals surface area contributed by atoms with Crippen LogP contribution in [-0.2, 0) is 20.8 Å². The van der Waals surface area contributed by atoms with Gasteiger partial charge in [0.15, 0.2) is 0 Å². The van der Waals surface area contributed by atoms with E-state index in [0.29, 0.717) is 22.5 Å². The molecule has 2 bridgehead atoms. The van der Waals surface area contributed by atoms with Gasteiger partial charge in [-0.3, -0.25) is 19.3 Å². The summed E-state index contributed by atoms with van der Waals surface area (Å²) >= 11 is 6.24. The van der Waals surface area contributed by atoms with Crippen LogP contribution in [0.15, 0.2) is 60.7 Å². The molecular formula is C27H25ClN2O3. The van der Waals surface area contributed by atoms with Crippen LogP contribution in [0.2, 0.25) is 5.02 Å². The molecule has 5 aliphatic rings. The van der Waals surface area contributed by atoms with Crippen molar-refractivity contribution in [1.29, 1.82) is 0 Å². The largest absolute Gasteiger partial charge is 0.324 e. The fourth-order valence-corrected chi connectivity index (χ4v) is 6.56. The van der Waals surface area contributed by atoms with E-state index in [-0.39, 0.29) is 47.8 Å². The second kappa shape index (κ2) is 7.56. The molecular weight excluding hydrogens is 436 g/mol. The fourth-order valence-electron chi connectivity index (χ4n) is 6.38. The summed E-state index contributed by atoms with van der Waals surface area (Å²) < 4.78 is 0. The van der Waals surface area contributed by atoms with E-state index in [1.807, 2.05) is 37.3 Å². The van der Waals surface area contributed by atoms with Gasteiger partial charge in [0, 0.05) is 17.1 Å². The van der Waals surface area contributed by atoms with Crippen LogP contribution >= 0.6 is 11.6 Å². The minimum absolute atomic E-state index is 0.127. The number of benzene rings is 2. The molecule has 0 radical (unpaired) electrons. The molecule has 2 saturated carbocycles. The molecule has 2 aromatic carbocycles. The van der Waals surface area contributed by atoms with E-state index in [4.69, 9.17) is 11.6 Å². The van der Waals surface area contributed by atoms with Crippen LogP contribution in [0.3, 0.4) is 0 Å². The molecule has 4 aliphatic carbocycles. The van der Waals surface area contributed by atoms with Crippen LogP contribution in [0.4, 0.5) is 5.69 Å². The molecule has 168 valence electrons. The van der Waals surface area contributed by atoms with Crippen molar-refractivity contribution in [2.45, 2.75) is 25.8 Å². The summed E-state index contributed by atoms with van der Waals surface area (Å²) in [7, 11) is 0. The Morgan fingerprint density at radius 2 is 1.64 bits per heavy atom. The number of amides is 3. The minimum Gasteiger partial charge on any atom is -0.324 e. The molecule has 1 N–H and O–H groups in total. The molecule has 33 heavy (non-hydrogen) atoms. The number of carbonyl (C=O) groups excluding carboxylic acids is 3. The normalized spacial score (nSPS) is 31.9. The van der Waals surface area contributed by atoms with E-state index in [1.54, 1.807) is 18.2 Å². The van der Waals surface area contributed by atoms with Gasteiger partial charge in [-0.25, -0.2) is 0 Å². The standard InChI is InChI=1S/C27H25ClN2O3/c1-14-20(28)8-5-9-21(14)29-25(31)22(12-15-6-3-2-4-7-15)30-26(32)23-16-10-11-17(19-13-18(16)19)24(23)27(30)33/h2-11,16-19,22-24H,12-13H2,1H3,(H,29,31)/t16-,17-,18-,19-,22-,23+,24+/m0/s1. The molecule has 1 saturated heterocycles. The highest BCUT2D eigenvalue weighted by Gasteiger charge is 2.67. The zero-order chi connectivity index (χ0) is 22.9. The Balaban J connectivity index is 1.34. The van der Waals surface area contributed by atoms with E-state index < -0.39 is 6.04 Å². The Bertz CT molecular complexity index is 1160. The smallest absolute Gasteiger partial charge is 0.248 e. The van der Waals surface area contributed by atoms with Gasteiger partial charge in [0.2, 0.25) is 17.7 Å². The van der Waals surface area contributed by atoms with Gasteiger partial charge < -0.3 is 5.32 Å². The molecule has 5 nitrogen and oxygen atoms in total. The number of likely N-dealkylation sites (tertiary alicyclic amines) is 1. The van der Waals surface area contributed by atoms with Crippen molar-refractivity contribution in [3.8, 4) is 0 Å². The molecule has 3 fully saturated rings. The summed E-state index contributed by atoms with van der Waals surface area (Å²) in [6.45, 7) is 1.83. The molecule has 1 heterocycles. The molecule has 7 rings (SSSR count). The lowest BCUT2D eigenvalue weighted by molar-refractivity contribution is -0.146. The van der Waals surface area contributed by atoms with Gasteiger partial charge in [0.25, 0.3) is 0 Å². The summed E-state index contributed by atoms with van der Waals surface area (Å²) in [6, 6.07) is 14.0. The first-order valence-corrected chi connectivity index (χ1v) is 12.0. The van der Waals surface area contributed by atoms with Crippen molar-refractivity contribution < 1.29 is 14.4 Å². The molecule has 7 atom stereocenters. The third-order valence-corrected chi connectivity index (χ3v) is 8.52. The topological polar surface area (TPSA) is 66.5 Å². The van der Waals surface area contributed by atoms with E-state index in [1.165, 1.54) is 4.90 Å². The van der Waals surface area contributed by atoms with E-state index in [0.717, 1.165) is 17.5 Å². The number of hydrogen-bond donors (Lipinski definition) is 1. The second-order valence-corrected chi connectivity index (χ2v) is 10.2. The number of allylic oxidation sites excluding steroid dienone is 2. The Labute approximate surface area is 197 Å². The lowest BCUT2D eigenvalue weighted by atomic mass is 9.63. The van der Waals surface area contributed by atoms with Crippen LogP contribution in [0.5, 0.6) is 0 Å². The molecule has 0 spiro atoms. The number of halogens is 1. The second-order valence-electron chi connectivity index (χ2n) is 9.81. The van der Waals surface area contributed by atoms with Crippen molar-refractivity contribution in [3.05, 3.63) is 76.8 Å². The summed E-state index contributed by atoms with van der Waals surface area (Å²) in [5, 5.41) is 3.49. The Hall–Kier alpha value is -2.92. The maximum absolute atomic E-state index is 13.7. The number of nitrogens with zero attached hydrogens (tertiary/aromatic N) is 1. The van der Waals surface area contributed by atoms with E-state index >= 15 is 0 Å². The SMILES string of the molecule is Cc1c(Cl)cccc1NC(=O)[C@H](Cc1ccccc1)N1C(=O)[C@@H]2[C@H]3C=C[C@@H]([C@@H]4C[C@@H]34)[C@H]2C1=O. The zero-order valence-electron chi connectivity index (χ0n) is 18.3. The average Bonchev–Trinajstić information content (AvgIpc) is 3.60. The Morgan fingerprint density at radius 1 is 1.00 bits per heavy atom. The summed E-state index contributed by atoms with van der Waals surface area (Å²) in [6.07, 6.45) is 5.68. The number of nitrogens with one attached hydrogen (secondary N) is 1. The lowest BCUT2D eigenvalue weighted by Crippen LogP contribution is -2.49. The number of anilines is 1. The molecule has 6 heteroatoms. The summed E-state index contributed by atoms with van der Waals surface area (Å²) in [5.74, 6) is -0.0891. The first-order valence-electron chi connectivity index (χ1n) is 11.6. The third kappa shape index (κ3) is 3.17. The summed E-state index contributed by atoms with van der Waals surface area (Å²) in [4.78, 5) is 42.3. The predicted molar refractivity (Wildman–Crippen MR) is 125 cm³/mol. The third-order valence-electron chi connectivity index (χ3n) is 8.11. The monoisotopic (exact) mass is 460 g/mol. The van der Waals surface area contributed by atoms with Crippen LogP contribution in [-0.4, -0.2) is 28.7 Å². The zero-order valence-corrected chi connectivity index (χ0v) is 19.0. The Kier molecular flexibility index (Phi) is 4.73. The van der Waals surface area contributed by atoms with Crippen molar-refractivity contribution in [1.82, 2.24) is 4.90 Å². The highest BCUT2D eigenvalue weighted by atomic mass is 35.5. The number of carbonyl (C=O) groups is 3. The van der Waals surface area contributed by atoms with Crippen LogP contribution in [0.25, 0.3) is 0 Å². The highest BCUT2D eigenvalue weighted by Crippen LogP contribution is 2.65. The number of hydrogen-bond acceptors (Lipinski definition) is 3. The van der Waals surface area contributed by atoms with Gasteiger partial charge in [0.05, 0.1) is 11.8 Å². The first kappa shape index (κ1) is 20.7. The quantitative estimate of drug-likeness (QED) is 0.535. The lowest BCUT2D eigenvalue weighted by Gasteiger charge is -2.37. The van der Waals surface area contributed by atoms with Crippen molar-refractivity contribution in [3.63, 3.8) is 0 Å². The first-order chi connectivity index (χ1) is 16.0. The predicted octanol–water partition coefficient (Wildman–Crippen LogP) is 4.25. The average molecular weight is 461 g/mol. The van der Waals surface area contributed by atoms with Crippen LogP contribution < -0.4 is 5.32 Å². The van der Waals surface area contributed by atoms with Gasteiger partial charge in [-0.1, -0.05) is 60.2 Å². The molecule has 0 unspecified atom stereocenters. The van der Waals surface area contributed by atoms with Crippen molar-refractivity contribution in [2.75, 3.05) is 5.32 Å².